The average Bonchev–Trinajstić information content (AvgIpc) is 2.84. The number of ketones is 1. The maximum Gasteiger partial charge on any atom is 0.343 e. The normalized spacial score (nSPS) is 16.1. The summed E-state index contributed by atoms with van der Waals surface area (Å²) < 4.78 is 5.04. The SMILES string of the molecule is CCOC(=O)/C(C(C)=O)=C1\CC(C)=NN1c1nc(C)c(C)nc1C. The molecule has 0 atom stereocenters. The van der Waals surface area contributed by atoms with Crippen LogP contribution in [0.25, 0.3) is 0 Å². The third-order valence-corrected chi connectivity index (χ3v) is 3.73. The van der Waals surface area contributed by atoms with Gasteiger partial charge in [0, 0.05) is 12.1 Å². The maximum atomic E-state index is 12.2. The van der Waals surface area contributed by atoms with E-state index in [9.17, 15) is 9.59 Å². The van der Waals surface area contributed by atoms with Crippen LogP contribution >= 0.6 is 0 Å². The Morgan fingerprint density at radius 2 is 1.71 bits per heavy atom. The number of aryl methyl sites for hydroxylation is 3. The van der Waals surface area contributed by atoms with Crippen molar-refractivity contribution in [2.24, 2.45) is 5.10 Å². The molecule has 0 aromatic carbocycles. The number of hydrogen-bond acceptors (Lipinski definition) is 7. The van der Waals surface area contributed by atoms with Crippen molar-refractivity contribution in [3.63, 3.8) is 0 Å². The topological polar surface area (TPSA) is 84.8 Å². The standard InChI is InChI=1S/C17H22N4O3/c1-7-24-17(23)15(13(6)22)14-8-9(2)20-21(14)16-12(5)18-10(3)11(4)19-16/h7-8H2,1-6H3/b15-14+. The van der Waals surface area contributed by atoms with E-state index in [4.69, 9.17) is 4.74 Å². The van der Waals surface area contributed by atoms with Crippen LogP contribution in [0.5, 0.6) is 0 Å². The molecule has 128 valence electrons. The fraction of sp³-hybridized carbons (Fsp3) is 0.471. The smallest absolute Gasteiger partial charge is 0.343 e. The van der Waals surface area contributed by atoms with E-state index in [2.05, 4.69) is 15.1 Å². The Bertz CT molecular complexity index is 765. The zero-order chi connectivity index (χ0) is 18.0. The molecule has 0 spiro atoms. The Hall–Kier alpha value is -2.57. The van der Waals surface area contributed by atoms with Crippen LogP contribution in [0.15, 0.2) is 16.4 Å². The minimum Gasteiger partial charge on any atom is -0.462 e. The third kappa shape index (κ3) is 3.34. The summed E-state index contributed by atoms with van der Waals surface area (Å²) in [5.74, 6) is -0.467. The Balaban J connectivity index is 2.62. The number of aromatic nitrogens is 2. The molecule has 1 aliphatic rings. The van der Waals surface area contributed by atoms with E-state index in [1.54, 1.807) is 6.92 Å². The van der Waals surface area contributed by atoms with Gasteiger partial charge in [-0.3, -0.25) is 9.78 Å². The molecule has 1 aromatic heterocycles. The van der Waals surface area contributed by atoms with Crippen molar-refractivity contribution < 1.29 is 14.3 Å². The van der Waals surface area contributed by atoms with E-state index in [0.29, 0.717) is 23.6 Å². The minimum atomic E-state index is -0.635. The number of hydrazone groups is 1. The lowest BCUT2D eigenvalue weighted by atomic mass is 10.1. The van der Waals surface area contributed by atoms with Gasteiger partial charge in [-0.25, -0.2) is 14.8 Å². The van der Waals surface area contributed by atoms with Gasteiger partial charge in [0.05, 0.1) is 29.4 Å². The second-order valence-electron chi connectivity index (χ2n) is 5.73. The molecule has 1 aliphatic heterocycles. The summed E-state index contributed by atoms with van der Waals surface area (Å²) in [6.07, 6.45) is 0.391. The molecular formula is C17H22N4O3. The molecule has 0 bridgehead atoms. The molecule has 1 aromatic rings. The molecule has 2 rings (SSSR count). The summed E-state index contributed by atoms with van der Waals surface area (Å²) >= 11 is 0. The highest BCUT2D eigenvalue weighted by Crippen LogP contribution is 2.31. The van der Waals surface area contributed by atoms with Gasteiger partial charge in [-0.15, -0.1) is 0 Å². The number of nitrogens with zero attached hydrogens (tertiary/aromatic N) is 4. The largest absolute Gasteiger partial charge is 0.462 e. The van der Waals surface area contributed by atoms with Crippen molar-refractivity contribution in [2.45, 2.75) is 48.0 Å². The molecule has 0 aliphatic carbocycles. The fourth-order valence-corrected chi connectivity index (χ4v) is 2.52. The molecule has 0 radical (unpaired) electrons. The van der Waals surface area contributed by atoms with Crippen LogP contribution in [0.2, 0.25) is 0 Å². The molecule has 0 saturated heterocycles. The average molecular weight is 330 g/mol. The number of allylic oxidation sites excluding steroid dienone is 1. The number of rotatable bonds is 4. The van der Waals surface area contributed by atoms with E-state index in [1.807, 2.05) is 27.7 Å². The summed E-state index contributed by atoms with van der Waals surface area (Å²) in [6, 6.07) is 0. The fourth-order valence-electron chi connectivity index (χ4n) is 2.52. The zero-order valence-electron chi connectivity index (χ0n) is 14.9. The van der Waals surface area contributed by atoms with Crippen LogP contribution in [0.4, 0.5) is 5.82 Å². The lowest BCUT2D eigenvalue weighted by Crippen LogP contribution is -2.24. The predicted molar refractivity (Wildman–Crippen MR) is 90.8 cm³/mol. The van der Waals surface area contributed by atoms with Crippen LogP contribution in [-0.4, -0.2) is 34.0 Å². The van der Waals surface area contributed by atoms with Gasteiger partial charge in [-0.2, -0.15) is 5.10 Å². The van der Waals surface area contributed by atoms with Crippen LogP contribution in [0.1, 0.15) is 44.3 Å². The van der Waals surface area contributed by atoms with Crippen LogP contribution in [-0.2, 0) is 14.3 Å². The highest BCUT2D eigenvalue weighted by Gasteiger charge is 2.31. The number of carbonyl (C=O) groups is 2. The molecule has 0 N–H and O–H groups in total. The number of Topliss-reactive ketones (excluding diaryl/α,β-unsaturated/α-hetero) is 1. The third-order valence-electron chi connectivity index (χ3n) is 3.73. The van der Waals surface area contributed by atoms with Crippen LogP contribution in [0, 0.1) is 20.8 Å². The first kappa shape index (κ1) is 17.8. The Kier molecular flexibility index (Phi) is 5.11. The van der Waals surface area contributed by atoms with E-state index < -0.39 is 5.97 Å². The predicted octanol–water partition coefficient (Wildman–Crippen LogP) is 2.39. The van der Waals surface area contributed by atoms with E-state index in [1.165, 1.54) is 11.9 Å². The van der Waals surface area contributed by atoms with Gasteiger partial charge in [0.25, 0.3) is 0 Å². The van der Waals surface area contributed by atoms with Gasteiger partial charge >= 0.3 is 5.97 Å². The molecular weight excluding hydrogens is 308 g/mol. The van der Waals surface area contributed by atoms with Crippen LogP contribution < -0.4 is 5.01 Å². The Morgan fingerprint density at radius 1 is 1.08 bits per heavy atom. The van der Waals surface area contributed by atoms with Gasteiger partial charge in [-0.1, -0.05) is 0 Å². The lowest BCUT2D eigenvalue weighted by molar-refractivity contribution is -0.139. The molecule has 0 saturated carbocycles. The first-order chi connectivity index (χ1) is 11.3. The van der Waals surface area contributed by atoms with Crippen molar-refractivity contribution in [1.29, 1.82) is 0 Å². The number of hydrogen-bond donors (Lipinski definition) is 0. The summed E-state index contributed by atoms with van der Waals surface area (Å²) in [7, 11) is 0. The Labute approximate surface area is 141 Å². The number of anilines is 1. The minimum absolute atomic E-state index is 0.0110. The second kappa shape index (κ2) is 6.90. The summed E-state index contributed by atoms with van der Waals surface area (Å²) in [6.45, 7) is 10.7. The highest BCUT2D eigenvalue weighted by atomic mass is 16.5. The van der Waals surface area contributed by atoms with E-state index in [-0.39, 0.29) is 18.0 Å². The highest BCUT2D eigenvalue weighted by molar-refractivity contribution is 6.18. The van der Waals surface area contributed by atoms with Crippen LogP contribution in [0.3, 0.4) is 0 Å². The van der Waals surface area contributed by atoms with E-state index in [0.717, 1.165) is 17.1 Å². The molecule has 0 fully saturated rings. The molecule has 24 heavy (non-hydrogen) atoms. The molecule has 7 nitrogen and oxygen atoms in total. The monoisotopic (exact) mass is 330 g/mol. The quantitative estimate of drug-likeness (QED) is 0.365. The van der Waals surface area contributed by atoms with Gasteiger partial charge in [0.1, 0.15) is 5.57 Å². The van der Waals surface area contributed by atoms with Gasteiger partial charge in [0.2, 0.25) is 0 Å². The molecule has 0 amide bonds. The van der Waals surface area contributed by atoms with Gasteiger partial charge in [0.15, 0.2) is 11.6 Å². The molecule has 2 heterocycles. The number of esters is 1. The Morgan fingerprint density at radius 3 is 2.29 bits per heavy atom. The maximum absolute atomic E-state index is 12.2. The molecule has 0 unspecified atom stereocenters. The van der Waals surface area contributed by atoms with Crippen molar-refractivity contribution in [3.8, 4) is 0 Å². The summed E-state index contributed by atoms with van der Waals surface area (Å²) in [4.78, 5) is 33.3. The second-order valence-corrected chi connectivity index (χ2v) is 5.73. The van der Waals surface area contributed by atoms with Crippen molar-refractivity contribution in [1.82, 2.24) is 9.97 Å². The number of carbonyl (C=O) groups excluding carboxylic acids is 2. The zero-order valence-corrected chi connectivity index (χ0v) is 14.9. The summed E-state index contributed by atoms with van der Waals surface area (Å²) in [5.41, 5.74) is 3.57. The first-order valence-corrected chi connectivity index (χ1v) is 7.83. The summed E-state index contributed by atoms with van der Waals surface area (Å²) in [5, 5.41) is 5.99. The van der Waals surface area contributed by atoms with E-state index >= 15 is 0 Å². The number of ether oxygens (including phenoxy) is 1. The lowest BCUT2D eigenvalue weighted by Gasteiger charge is -2.20. The van der Waals surface area contributed by atoms with Crippen molar-refractivity contribution in [3.05, 3.63) is 28.4 Å². The van der Waals surface area contributed by atoms with Crippen molar-refractivity contribution in [2.75, 3.05) is 11.6 Å². The molecule has 7 heteroatoms. The first-order valence-electron chi connectivity index (χ1n) is 7.83. The van der Waals surface area contributed by atoms with Gasteiger partial charge in [-0.05, 0) is 41.5 Å². The van der Waals surface area contributed by atoms with Crippen molar-refractivity contribution >= 4 is 23.3 Å². The van der Waals surface area contributed by atoms with Gasteiger partial charge < -0.3 is 4.74 Å².